The second-order valence-corrected chi connectivity index (χ2v) is 4.73. The van der Waals surface area contributed by atoms with Crippen LogP contribution in [0.5, 0.6) is 0 Å². The number of aliphatic hydroxyl groups is 2. The number of thiophene rings is 1. The number of hydrogen-bond donors (Lipinski definition) is 2. The average Bonchev–Trinajstić information content (AvgIpc) is 2.47. The lowest BCUT2D eigenvalue weighted by molar-refractivity contribution is 0.0266. The Balaban J connectivity index is 2.35. The van der Waals surface area contributed by atoms with Gasteiger partial charge in [0.25, 0.3) is 0 Å². The van der Waals surface area contributed by atoms with Crippen LogP contribution in [0, 0.1) is 6.92 Å². The van der Waals surface area contributed by atoms with Crippen molar-refractivity contribution in [3.8, 4) is 0 Å². The van der Waals surface area contributed by atoms with Crippen LogP contribution in [0.4, 0.5) is 0 Å². The molecule has 3 heteroatoms. The fraction of sp³-hybridized carbons (Fsp3) is 0.600. The summed E-state index contributed by atoms with van der Waals surface area (Å²) in [5, 5.41) is 18.4. The third kappa shape index (κ3) is 3.46. The van der Waals surface area contributed by atoms with Gasteiger partial charge >= 0.3 is 0 Å². The molecule has 0 radical (unpaired) electrons. The monoisotopic (exact) mass is 200 g/mol. The van der Waals surface area contributed by atoms with Crippen molar-refractivity contribution in [2.45, 2.75) is 38.9 Å². The summed E-state index contributed by atoms with van der Waals surface area (Å²) in [6.07, 6.45) is 0.269. The molecule has 0 saturated heterocycles. The zero-order valence-electron chi connectivity index (χ0n) is 8.03. The maximum absolute atomic E-state index is 9.35. The Kier molecular flexibility index (Phi) is 3.90. The van der Waals surface area contributed by atoms with Crippen molar-refractivity contribution >= 4 is 11.3 Å². The molecule has 0 amide bonds. The Bertz CT molecular complexity index is 255. The van der Waals surface area contributed by atoms with Gasteiger partial charge in [0.1, 0.15) is 0 Å². The lowest BCUT2D eigenvalue weighted by Gasteiger charge is -2.11. The van der Waals surface area contributed by atoms with Gasteiger partial charge in [0, 0.05) is 9.75 Å². The zero-order chi connectivity index (χ0) is 9.84. The zero-order valence-corrected chi connectivity index (χ0v) is 8.84. The molecule has 2 atom stereocenters. The summed E-state index contributed by atoms with van der Waals surface area (Å²) in [7, 11) is 0. The summed E-state index contributed by atoms with van der Waals surface area (Å²) < 4.78 is 0. The molecule has 0 spiro atoms. The topological polar surface area (TPSA) is 40.5 Å². The molecular weight excluding hydrogens is 184 g/mol. The normalized spacial score (nSPS) is 15.7. The van der Waals surface area contributed by atoms with E-state index in [0.29, 0.717) is 6.42 Å². The number of hydrogen-bond acceptors (Lipinski definition) is 3. The van der Waals surface area contributed by atoms with Crippen LogP contribution in [0.25, 0.3) is 0 Å². The van der Waals surface area contributed by atoms with Gasteiger partial charge in [-0.25, -0.2) is 0 Å². The van der Waals surface area contributed by atoms with Gasteiger partial charge in [-0.05, 0) is 38.8 Å². The molecule has 0 fully saturated rings. The van der Waals surface area contributed by atoms with Gasteiger partial charge in [0.15, 0.2) is 0 Å². The van der Waals surface area contributed by atoms with Crippen LogP contribution in [0.15, 0.2) is 12.1 Å². The van der Waals surface area contributed by atoms with Gasteiger partial charge in [0.05, 0.1) is 12.2 Å². The molecule has 1 aromatic heterocycles. The van der Waals surface area contributed by atoms with Gasteiger partial charge in [-0.2, -0.15) is 0 Å². The highest BCUT2D eigenvalue weighted by atomic mass is 32.1. The molecule has 1 rings (SSSR count). The van der Waals surface area contributed by atoms with E-state index in [1.165, 1.54) is 9.75 Å². The number of aliphatic hydroxyl groups excluding tert-OH is 2. The first-order valence-corrected chi connectivity index (χ1v) is 5.32. The van der Waals surface area contributed by atoms with Crippen LogP contribution < -0.4 is 0 Å². The Morgan fingerprint density at radius 3 is 2.54 bits per heavy atom. The molecule has 0 saturated carbocycles. The second kappa shape index (κ2) is 4.74. The van der Waals surface area contributed by atoms with Crippen molar-refractivity contribution in [2.24, 2.45) is 0 Å². The summed E-state index contributed by atoms with van der Waals surface area (Å²) in [5.41, 5.74) is 0. The molecule has 0 aliphatic heterocycles. The lowest BCUT2D eigenvalue weighted by Crippen LogP contribution is -2.22. The van der Waals surface area contributed by atoms with Gasteiger partial charge in [-0.3, -0.25) is 0 Å². The lowest BCUT2D eigenvalue weighted by atomic mass is 10.1. The van der Waals surface area contributed by atoms with Crippen LogP contribution in [-0.2, 0) is 6.42 Å². The minimum Gasteiger partial charge on any atom is -0.391 e. The highest BCUT2D eigenvalue weighted by Crippen LogP contribution is 2.17. The van der Waals surface area contributed by atoms with E-state index in [2.05, 4.69) is 19.1 Å². The van der Waals surface area contributed by atoms with E-state index in [4.69, 9.17) is 5.11 Å². The highest BCUT2D eigenvalue weighted by Gasteiger charge is 2.10. The van der Waals surface area contributed by atoms with Crippen molar-refractivity contribution in [1.29, 1.82) is 0 Å². The van der Waals surface area contributed by atoms with E-state index in [9.17, 15) is 5.11 Å². The smallest absolute Gasteiger partial charge is 0.0799 e. The van der Waals surface area contributed by atoms with E-state index >= 15 is 0 Å². The standard InChI is InChI=1S/C10H16O2S/c1-7-3-4-9(13-7)5-6-10(12)8(2)11/h3-4,8,10-12H,5-6H2,1-2H3. The molecule has 1 heterocycles. The Labute approximate surface area is 82.8 Å². The van der Waals surface area contributed by atoms with Crippen LogP contribution in [-0.4, -0.2) is 22.4 Å². The first-order valence-electron chi connectivity index (χ1n) is 4.51. The Hall–Kier alpha value is -0.380. The third-order valence-electron chi connectivity index (χ3n) is 2.04. The number of rotatable bonds is 4. The molecule has 2 unspecified atom stereocenters. The van der Waals surface area contributed by atoms with Gasteiger partial charge in [-0.1, -0.05) is 0 Å². The maximum Gasteiger partial charge on any atom is 0.0799 e. The molecular formula is C10H16O2S. The van der Waals surface area contributed by atoms with Crippen LogP contribution in [0.3, 0.4) is 0 Å². The Morgan fingerprint density at radius 2 is 2.08 bits per heavy atom. The molecule has 74 valence electrons. The quantitative estimate of drug-likeness (QED) is 0.777. The molecule has 2 N–H and O–H groups in total. The van der Waals surface area contributed by atoms with Crippen molar-refractivity contribution in [3.05, 3.63) is 21.9 Å². The second-order valence-electron chi connectivity index (χ2n) is 3.36. The van der Waals surface area contributed by atoms with Gasteiger partial charge in [-0.15, -0.1) is 11.3 Å². The summed E-state index contributed by atoms with van der Waals surface area (Å²) in [6.45, 7) is 3.68. The van der Waals surface area contributed by atoms with E-state index in [1.807, 2.05) is 0 Å². The molecule has 1 aromatic rings. The predicted molar refractivity (Wildman–Crippen MR) is 55.1 cm³/mol. The van der Waals surface area contributed by atoms with Crippen molar-refractivity contribution in [3.63, 3.8) is 0 Å². The molecule has 13 heavy (non-hydrogen) atoms. The largest absolute Gasteiger partial charge is 0.391 e. The molecule has 2 nitrogen and oxygen atoms in total. The minimum absolute atomic E-state index is 0.595. The van der Waals surface area contributed by atoms with Crippen LogP contribution in [0.1, 0.15) is 23.1 Å². The van der Waals surface area contributed by atoms with Crippen LogP contribution >= 0.6 is 11.3 Å². The summed E-state index contributed by atoms with van der Waals surface area (Å²) in [6, 6.07) is 4.16. The SMILES string of the molecule is Cc1ccc(CCC(O)C(C)O)s1. The van der Waals surface area contributed by atoms with Crippen molar-refractivity contribution < 1.29 is 10.2 Å². The fourth-order valence-electron chi connectivity index (χ4n) is 1.15. The van der Waals surface area contributed by atoms with E-state index in [-0.39, 0.29) is 0 Å². The summed E-state index contributed by atoms with van der Waals surface area (Å²) in [4.78, 5) is 2.57. The molecule has 0 aliphatic rings. The van der Waals surface area contributed by atoms with Crippen molar-refractivity contribution in [1.82, 2.24) is 0 Å². The predicted octanol–water partition coefficient (Wildman–Crippen LogP) is 1.73. The van der Waals surface area contributed by atoms with Gasteiger partial charge in [0.2, 0.25) is 0 Å². The first-order chi connectivity index (χ1) is 6.09. The first kappa shape index (κ1) is 10.7. The minimum atomic E-state index is -0.624. The highest BCUT2D eigenvalue weighted by molar-refractivity contribution is 7.11. The van der Waals surface area contributed by atoms with Gasteiger partial charge < -0.3 is 10.2 Å². The van der Waals surface area contributed by atoms with Crippen LogP contribution in [0.2, 0.25) is 0 Å². The fourth-order valence-corrected chi connectivity index (χ4v) is 2.06. The molecule has 0 bridgehead atoms. The Morgan fingerprint density at radius 1 is 1.38 bits per heavy atom. The summed E-state index contributed by atoms with van der Waals surface area (Å²) in [5.74, 6) is 0. The number of aryl methyl sites for hydroxylation is 2. The van der Waals surface area contributed by atoms with Crippen molar-refractivity contribution in [2.75, 3.05) is 0 Å². The van der Waals surface area contributed by atoms with E-state index < -0.39 is 12.2 Å². The van der Waals surface area contributed by atoms with E-state index in [1.54, 1.807) is 18.3 Å². The summed E-state index contributed by atoms with van der Waals surface area (Å²) >= 11 is 1.75. The third-order valence-corrected chi connectivity index (χ3v) is 3.10. The van der Waals surface area contributed by atoms with E-state index in [0.717, 1.165) is 6.42 Å². The average molecular weight is 200 g/mol. The maximum atomic E-state index is 9.35. The molecule has 0 aliphatic carbocycles. The molecule has 0 aromatic carbocycles.